The molecule has 5 N–H and O–H groups in total. The van der Waals surface area contributed by atoms with Crippen LogP contribution in [0.1, 0.15) is 19.3 Å². The molecule has 0 aromatic rings. The molecule has 7 heteroatoms. The van der Waals surface area contributed by atoms with E-state index in [1.807, 2.05) is 0 Å². The summed E-state index contributed by atoms with van der Waals surface area (Å²) in [4.78, 5) is 0. The monoisotopic (exact) mass is 291 g/mol. The van der Waals surface area contributed by atoms with Gasteiger partial charge in [-0.05, 0) is 19.3 Å². The first-order valence-electron chi connectivity index (χ1n) is 6.16. The third-order valence-corrected chi connectivity index (χ3v) is 4.03. The second-order valence-corrected chi connectivity index (χ2v) is 5.61. The minimum atomic E-state index is -1.38. The largest absolute Gasteiger partial charge is 0.394 e. The Balaban J connectivity index is 2.51. The minimum Gasteiger partial charge on any atom is -0.394 e. The van der Waals surface area contributed by atoms with Crippen molar-refractivity contribution in [3.8, 4) is 0 Å². The molecule has 1 aliphatic rings. The lowest BCUT2D eigenvalue weighted by Gasteiger charge is -2.39. The molecule has 0 aromatic carbocycles. The van der Waals surface area contributed by atoms with Crippen molar-refractivity contribution in [2.75, 3.05) is 6.61 Å². The number of aliphatic hydroxyl groups is 4. The number of thioether (sulfide) groups is 1. The molecule has 0 aliphatic carbocycles. The predicted octanol–water partition coefficient (Wildman–Crippen LogP) is -0.147. The van der Waals surface area contributed by atoms with E-state index < -0.39 is 36.5 Å². The molecule has 6 nitrogen and oxygen atoms in total. The highest BCUT2D eigenvalue weighted by atomic mass is 32.2. The number of hydrogen-bond donors (Lipinski definition) is 5. The van der Waals surface area contributed by atoms with Crippen LogP contribution in [0.4, 0.5) is 0 Å². The van der Waals surface area contributed by atoms with Crippen molar-refractivity contribution in [3.63, 3.8) is 0 Å². The van der Waals surface area contributed by atoms with Gasteiger partial charge in [-0.1, -0.05) is 17.8 Å². The second-order valence-electron chi connectivity index (χ2n) is 4.42. The summed E-state index contributed by atoms with van der Waals surface area (Å²) in [5.74, 6) is 0. The summed E-state index contributed by atoms with van der Waals surface area (Å²) in [5.41, 5.74) is -0.855. The first kappa shape index (κ1) is 16.6. The number of unbranched alkanes of at least 4 members (excludes halogenated alkanes) is 1. The average molecular weight is 291 g/mol. The molecule has 0 amide bonds. The van der Waals surface area contributed by atoms with Crippen molar-refractivity contribution in [3.05, 3.63) is 12.7 Å². The van der Waals surface area contributed by atoms with E-state index in [9.17, 15) is 15.3 Å². The van der Waals surface area contributed by atoms with Gasteiger partial charge in [0.25, 0.3) is 0 Å². The SMILES string of the molecule is C=CCCCC(=N)S[C@@H]1O[C@H](CO)[C@@H](O)[C@H](O)[C@H]1O. The third-order valence-electron chi connectivity index (χ3n) is 2.92. The van der Waals surface area contributed by atoms with E-state index in [0.717, 1.165) is 24.6 Å². The Morgan fingerprint density at radius 3 is 2.53 bits per heavy atom. The topological polar surface area (TPSA) is 114 Å². The number of aliphatic hydroxyl groups excluding tert-OH is 4. The van der Waals surface area contributed by atoms with Gasteiger partial charge in [-0.15, -0.1) is 6.58 Å². The summed E-state index contributed by atoms with van der Waals surface area (Å²) >= 11 is 0.999. The van der Waals surface area contributed by atoms with Crippen LogP contribution >= 0.6 is 11.8 Å². The Hall–Kier alpha value is -0.440. The predicted molar refractivity (Wildman–Crippen MR) is 73.1 cm³/mol. The number of hydrogen-bond acceptors (Lipinski definition) is 7. The standard InChI is InChI=1S/C12H21NO5S/c1-2-3-4-5-8(13)19-12-11(17)10(16)9(15)7(6-14)18-12/h2,7,9-17H,1,3-6H2/t7-,9-,10+,11-,12+/m1/s1. The van der Waals surface area contributed by atoms with Gasteiger partial charge >= 0.3 is 0 Å². The van der Waals surface area contributed by atoms with E-state index in [1.165, 1.54) is 0 Å². The van der Waals surface area contributed by atoms with Crippen molar-refractivity contribution in [1.82, 2.24) is 0 Å². The van der Waals surface area contributed by atoms with Crippen LogP contribution in [-0.4, -0.2) is 61.9 Å². The van der Waals surface area contributed by atoms with E-state index in [0.29, 0.717) is 11.5 Å². The maximum atomic E-state index is 9.79. The van der Waals surface area contributed by atoms with Crippen LogP contribution in [0.2, 0.25) is 0 Å². The highest BCUT2D eigenvalue weighted by Gasteiger charge is 2.43. The van der Waals surface area contributed by atoms with Gasteiger partial charge in [0.2, 0.25) is 0 Å². The Morgan fingerprint density at radius 1 is 1.26 bits per heavy atom. The second kappa shape index (κ2) is 7.98. The molecule has 0 radical (unpaired) electrons. The maximum Gasteiger partial charge on any atom is 0.137 e. The molecule has 1 rings (SSSR count). The Kier molecular flexibility index (Phi) is 6.98. The number of nitrogens with one attached hydrogen (secondary N) is 1. The van der Waals surface area contributed by atoms with Crippen molar-refractivity contribution < 1.29 is 25.2 Å². The van der Waals surface area contributed by atoms with Crippen LogP contribution in [0.5, 0.6) is 0 Å². The van der Waals surface area contributed by atoms with Crippen LogP contribution < -0.4 is 0 Å². The lowest BCUT2D eigenvalue weighted by Crippen LogP contribution is -2.57. The van der Waals surface area contributed by atoms with Gasteiger partial charge in [-0.3, -0.25) is 5.41 Å². The van der Waals surface area contributed by atoms with E-state index in [4.69, 9.17) is 15.3 Å². The van der Waals surface area contributed by atoms with Gasteiger partial charge in [0.05, 0.1) is 11.7 Å². The summed E-state index contributed by atoms with van der Waals surface area (Å²) in [6.45, 7) is 3.14. The van der Waals surface area contributed by atoms with Gasteiger partial charge in [-0.2, -0.15) is 0 Å². The zero-order valence-corrected chi connectivity index (χ0v) is 11.4. The normalized spacial score (nSPS) is 35.1. The Bertz CT molecular complexity index is 312. The average Bonchev–Trinajstić information content (AvgIpc) is 2.39. The molecule has 1 saturated heterocycles. The highest BCUT2D eigenvalue weighted by molar-refractivity contribution is 8.14. The summed E-state index contributed by atoms with van der Waals surface area (Å²) in [5, 5.41) is 46.1. The molecular weight excluding hydrogens is 270 g/mol. The molecule has 0 bridgehead atoms. The number of allylic oxidation sites excluding steroid dienone is 1. The van der Waals surface area contributed by atoms with Crippen molar-refractivity contribution in [2.45, 2.75) is 49.1 Å². The Morgan fingerprint density at radius 2 is 1.95 bits per heavy atom. The van der Waals surface area contributed by atoms with Crippen molar-refractivity contribution in [1.29, 1.82) is 5.41 Å². The molecule has 0 aromatic heterocycles. The van der Waals surface area contributed by atoms with Crippen molar-refractivity contribution >= 4 is 16.8 Å². The Labute approximate surface area is 116 Å². The van der Waals surface area contributed by atoms with Crippen LogP contribution in [-0.2, 0) is 4.74 Å². The summed E-state index contributed by atoms with van der Waals surface area (Å²) in [6.07, 6.45) is -1.06. The number of ether oxygens (including phenoxy) is 1. The zero-order chi connectivity index (χ0) is 14.4. The fourth-order valence-corrected chi connectivity index (χ4v) is 2.81. The molecule has 0 saturated carbocycles. The third kappa shape index (κ3) is 4.55. The van der Waals surface area contributed by atoms with Crippen LogP contribution in [0.3, 0.4) is 0 Å². The van der Waals surface area contributed by atoms with Gasteiger partial charge in [0.15, 0.2) is 0 Å². The molecule has 1 heterocycles. The van der Waals surface area contributed by atoms with Gasteiger partial charge in [-0.25, -0.2) is 0 Å². The molecule has 0 unspecified atom stereocenters. The quantitative estimate of drug-likeness (QED) is 0.201. The lowest BCUT2D eigenvalue weighted by molar-refractivity contribution is -0.205. The fraction of sp³-hybridized carbons (Fsp3) is 0.750. The first-order valence-corrected chi connectivity index (χ1v) is 7.04. The van der Waals surface area contributed by atoms with E-state index in [1.54, 1.807) is 6.08 Å². The zero-order valence-electron chi connectivity index (χ0n) is 10.6. The van der Waals surface area contributed by atoms with Gasteiger partial charge < -0.3 is 25.2 Å². The first-order chi connectivity index (χ1) is 9.01. The lowest BCUT2D eigenvalue weighted by atomic mass is 10.0. The molecule has 19 heavy (non-hydrogen) atoms. The van der Waals surface area contributed by atoms with Crippen LogP contribution in [0.15, 0.2) is 12.7 Å². The summed E-state index contributed by atoms with van der Waals surface area (Å²) < 4.78 is 5.30. The van der Waals surface area contributed by atoms with Crippen LogP contribution in [0.25, 0.3) is 0 Å². The summed E-state index contributed by atoms with van der Waals surface area (Å²) in [7, 11) is 0. The van der Waals surface area contributed by atoms with Gasteiger partial charge in [0.1, 0.15) is 29.9 Å². The number of rotatable bonds is 6. The van der Waals surface area contributed by atoms with E-state index >= 15 is 0 Å². The molecule has 1 aliphatic heterocycles. The molecule has 5 atom stereocenters. The van der Waals surface area contributed by atoms with Crippen LogP contribution in [0, 0.1) is 5.41 Å². The molecule has 1 fully saturated rings. The fourth-order valence-electron chi connectivity index (χ4n) is 1.77. The molecule has 110 valence electrons. The van der Waals surface area contributed by atoms with Crippen molar-refractivity contribution in [2.24, 2.45) is 0 Å². The smallest absolute Gasteiger partial charge is 0.137 e. The summed E-state index contributed by atoms with van der Waals surface area (Å²) in [6, 6.07) is 0. The minimum absolute atomic E-state index is 0.325. The molecule has 0 spiro atoms. The molecular formula is C12H21NO5S. The maximum absolute atomic E-state index is 9.79. The van der Waals surface area contributed by atoms with E-state index in [2.05, 4.69) is 6.58 Å². The van der Waals surface area contributed by atoms with E-state index in [-0.39, 0.29) is 0 Å². The van der Waals surface area contributed by atoms with Gasteiger partial charge in [0, 0.05) is 0 Å². The highest BCUT2D eigenvalue weighted by Crippen LogP contribution is 2.29.